The maximum Gasteiger partial charge on any atom is 0.391 e. The van der Waals surface area contributed by atoms with Crippen LogP contribution in [0.5, 0.6) is 0 Å². The molecule has 0 heterocycles. The molecule has 0 aromatic heterocycles. The Morgan fingerprint density at radius 3 is 2.25 bits per heavy atom. The third-order valence-corrected chi connectivity index (χ3v) is 3.29. The van der Waals surface area contributed by atoms with E-state index in [1.54, 1.807) is 6.92 Å². The van der Waals surface area contributed by atoms with Gasteiger partial charge in [-0.25, -0.2) is 0 Å². The number of hydrogen-bond acceptors (Lipinski definition) is 2. The molecule has 0 saturated heterocycles. The molecule has 94 valence electrons. The SMILES string of the molecule is CCNC1(C(N)=O)CCC(C(F)(F)F)CC1. The summed E-state index contributed by atoms with van der Waals surface area (Å²) in [5.41, 5.74) is 4.33. The highest BCUT2D eigenvalue weighted by molar-refractivity contribution is 5.84. The Hall–Kier alpha value is -0.780. The molecule has 1 saturated carbocycles. The average molecular weight is 238 g/mol. The summed E-state index contributed by atoms with van der Waals surface area (Å²) >= 11 is 0. The molecule has 0 radical (unpaired) electrons. The van der Waals surface area contributed by atoms with Crippen molar-refractivity contribution < 1.29 is 18.0 Å². The Bertz CT molecular complexity index is 257. The molecule has 1 aliphatic rings. The van der Waals surface area contributed by atoms with Crippen molar-refractivity contribution in [1.82, 2.24) is 5.32 Å². The molecule has 0 aliphatic heterocycles. The molecule has 16 heavy (non-hydrogen) atoms. The van der Waals surface area contributed by atoms with Gasteiger partial charge in [-0.05, 0) is 32.2 Å². The van der Waals surface area contributed by atoms with Gasteiger partial charge in [0.2, 0.25) is 5.91 Å². The molecule has 0 spiro atoms. The first-order valence-electron chi connectivity index (χ1n) is 5.43. The van der Waals surface area contributed by atoms with Crippen LogP contribution in [0.25, 0.3) is 0 Å². The smallest absolute Gasteiger partial charge is 0.368 e. The lowest BCUT2D eigenvalue weighted by atomic mass is 9.75. The van der Waals surface area contributed by atoms with Crippen molar-refractivity contribution in [3.63, 3.8) is 0 Å². The van der Waals surface area contributed by atoms with E-state index in [9.17, 15) is 18.0 Å². The van der Waals surface area contributed by atoms with E-state index < -0.39 is 23.5 Å². The van der Waals surface area contributed by atoms with Crippen molar-refractivity contribution >= 4 is 5.91 Å². The minimum atomic E-state index is -4.16. The van der Waals surface area contributed by atoms with Crippen molar-refractivity contribution in [1.29, 1.82) is 0 Å². The summed E-state index contributed by atoms with van der Waals surface area (Å²) in [6, 6.07) is 0. The fourth-order valence-corrected chi connectivity index (χ4v) is 2.29. The molecule has 1 amide bonds. The Morgan fingerprint density at radius 2 is 1.94 bits per heavy atom. The van der Waals surface area contributed by atoms with Crippen LogP contribution in [0.15, 0.2) is 0 Å². The van der Waals surface area contributed by atoms with Gasteiger partial charge in [-0.3, -0.25) is 4.79 Å². The van der Waals surface area contributed by atoms with Crippen LogP contribution in [0.4, 0.5) is 13.2 Å². The standard InChI is InChI=1S/C10H17F3N2O/c1-2-15-9(8(14)16)5-3-7(4-6-9)10(11,12)13/h7,15H,2-6H2,1H3,(H2,14,16). The number of nitrogens with two attached hydrogens (primary N) is 1. The average Bonchev–Trinajstić information content (AvgIpc) is 2.17. The van der Waals surface area contributed by atoms with Crippen molar-refractivity contribution in [2.24, 2.45) is 11.7 Å². The lowest BCUT2D eigenvalue weighted by molar-refractivity contribution is -0.186. The van der Waals surface area contributed by atoms with Gasteiger partial charge in [0.15, 0.2) is 0 Å². The second-order valence-electron chi connectivity index (χ2n) is 4.29. The fraction of sp³-hybridized carbons (Fsp3) is 0.900. The molecule has 0 atom stereocenters. The van der Waals surface area contributed by atoms with Gasteiger partial charge in [0.1, 0.15) is 0 Å². The van der Waals surface area contributed by atoms with Gasteiger partial charge in [-0.15, -0.1) is 0 Å². The molecule has 0 aromatic carbocycles. The Labute approximate surface area is 92.6 Å². The van der Waals surface area contributed by atoms with E-state index in [4.69, 9.17) is 5.73 Å². The predicted octanol–water partition coefficient (Wildman–Crippen LogP) is 1.57. The van der Waals surface area contributed by atoms with Gasteiger partial charge in [-0.2, -0.15) is 13.2 Å². The largest absolute Gasteiger partial charge is 0.391 e. The van der Waals surface area contributed by atoms with Gasteiger partial charge in [-0.1, -0.05) is 6.92 Å². The summed E-state index contributed by atoms with van der Waals surface area (Å²) in [5, 5.41) is 2.93. The topological polar surface area (TPSA) is 55.1 Å². The zero-order chi connectivity index (χ0) is 12.4. The number of nitrogens with one attached hydrogen (secondary N) is 1. The van der Waals surface area contributed by atoms with Gasteiger partial charge in [0, 0.05) is 0 Å². The van der Waals surface area contributed by atoms with Crippen LogP contribution >= 0.6 is 0 Å². The summed E-state index contributed by atoms with van der Waals surface area (Å²) in [6.45, 7) is 2.33. The summed E-state index contributed by atoms with van der Waals surface area (Å²) < 4.78 is 37.3. The molecular formula is C10H17F3N2O. The monoisotopic (exact) mass is 238 g/mol. The summed E-state index contributed by atoms with van der Waals surface area (Å²) in [6.07, 6.45) is -3.88. The van der Waals surface area contributed by atoms with Crippen LogP contribution in [0.1, 0.15) is 32.6 Å². The number of carbonyl (C=O) groups is 1. The molecule has 0 bridgehead atoms. The van der Waals surface area contributed by atoms with Gasteiger partial charge >= 0.3 is 6.18 Å². The molecule has 0 aromatic rings. The zero-order valence-electron chi connectivity index (χ0n) is 9.23. The van der Waals surface area contributed by atoms with E-state index in [1.165, 1.54) is 0 Å². The summed E-state index contributed by atoms with van der Waals surface area (Å²) in [5.74, 6) is -1.84. The highest BCUT2D eigenvalue weighted by Gasteiger charge is 2.47. The number of alkyl halides is 3. The Kier molecular flexibility index (Phi) is 3.83. The van der Waals surface area contributed by atoms with Gasteiger partial charge in [0.25, 0.3) is 0 Å². The quantitative estimate of drug-likeness (QED) is 0.784. The van der Waals surface area contributed by atoms with Gasteiger partial charge < -0.3 is 11.1 Å². The van der Waals surface area contributed by atoms with Crippen LogP contribution in [-0.2, 0) is 4.79 Å². The summed E-state index contributed by atoms with van der Waals surface area (Å²) in [7, 11) is 0. The van der Waals surface area contributed by atoms with Crippen molar-refractivity contribution in [2.45, 2.75) is 44.3 Å². The lowest BCUT2D eigenvalue weighted by Crippen LogP contribution is -2.57. The fourth-order valence-electron chi connectivity index (χ4n) is 2.29. The second-order valence-corrected chi connectivity index (χ2v) is 4.29. The van der Waals surface area contributed by atoms with Crippen LogP contribution in [0.2, 0.25) is 0 Å². The van der Waals surface area contributed by atoms with E-state index in [0.29, 0.717) is 6.54 Å². The number of primary amides is 1. The normalized spacial score (nSPS) is 31.4. The molecular weight excluding hydrogens is 221 g/mol. The molecule has 6 heteroatoms. The maximum atomic E-state index is 12.4. The highest BCUT2D eigenvalue weighted by Crippen LogP contribution is 2.40. The number of rotatable bonds is 3. The number of halogens is 3. The first kappa shape index (κ1) is 13.3. The number of hydrogen-bond donors (Lipinski definition) is 2. The number of carbonyl (C=O) groups excluding carboxylic acids is 1. The molecule has 3 nitrogen and oxygen atoms in total. The second kappa shape index (κ2) is 4.61. The summed E-state index contributed by atoms with van der Waals surface area (Å²) in [4.78, 5) is 11.3. The van der Waals surface area contributed by atoms with Crippen molar-refractivity contribution in [3.05, 3.63) is 0 Å². The van der Waals surface area contributed by atoms with Gasteiger partial charge in [0.05, 0.1) is 11.5 Å². The van der Waals surface area contributed by atoms with E-state index in [1.807, 2.05) is 0 Å². The molecule has 1 fully saturated rings. The van der Waals surface area contributed by atoms with E-state index >= 15 is 0 Å². The zero-order valence-corrected chi connectivity index (χ0v) is 9.23. The Balaban J connectivity index is 2.67. The first-order chi connectivity index (χ1) is 7.32. The molecule has 0 unspecified atom stereocenters. The van der Waals surface area contributed by atoms with E-state index in [-0.39, 0.29) is 25.7 Å². The third kappa shape index (κ3) is 2.66. The first-order valence-corrected chi connectivity index (χ1v) is 5.43. The van der Waals surface area contributed by atoms with Crippen LogP contribution in [0.3, 0.4) is 0 Å². The van der Waals surface area contributed by atoms with E-state index in [2.05, 4.69) is 5.32 Å². The molecule has 3 N–H and O–H groups in total. The minimum absolute atomic E-state index is 0.0283. The van der Waals surface area contributed by atoms with E-state index in [0.717, 1.165) is 0 Å². The highest BCUT2D eigenvalue weighted by atomic mass is 19.4. The molecule has 1 aliphatic carbocycles. The van der Waals surface area contributed by atoms with Crippen LogP contribution < -0.4 is 11.1 Å². The number of amides is 1. The predicted molar refractivity (Wildman–Crippen MR) is 53.6 cm³/mol. The Morgan fingerprint density at radius 1 is 1.44 bits per heavy atom. The maximum absolute atomic E-state index is 12.4. The van der Waals surface area contributed by atoms with Crippen LogP contribution in [-0.4, -0.2) is 24.2 Å². The third-order valence-electron chi connectivity index (χ3n) is 3.29. The lowest BCUT2D eigenvalue weighted by Gasteiger charge is -2.38. The van der Waals surface area contributed by atoms with Crippen molar-refractivity contribution in [2.75, 3.05) is 6.54 Å². The van der Waals surface area contributed by atoms with Crippen molar-refractivity contribution in [3.8, 4) is 0 Å². The minimum Gasteiger partial charge on any atom is -0.368 e. The van der Waals surface area contributed by atoms with Crippen LogP contribution in [0, 0.1) is 5.92 Å². The molecule has 1 rings (SSSR count). The number of likely N-dealkylation sites (N-methyl/N-ethyl adjacent to an activating group) is 1.